The average Bonchev–Trinajstić information content (AvgIpc) is 2.42. The van der Waals surface area contributed by atoms with Crippen molar-refractivity contribution < 1.29 is 14.6 Å². The third-order valence-corrected chi connectivity index (χ3v) is 3.15. The monoisotopic (exact) mass is 265 g/mol. The molecule has 4 nitrogen and oxygen atoms in total. The molecular weight excluding hydrogens is 242 g/mol. The standard InChI is InChI=1S/C15H23NO3/c1-3-13(8-9-17)10-16-15(18)11-19-14-7-5-4-6-12(14)2/h4-7,13,17H,3,8-11H2,1-2H3,(H,16,18). The second kappa shape index (κ2) is 8.53. The minimum atomic E-state index is -0.125. The van der Waals surface area contributed by atoms with Gasteiger partial charge >= 0.3 is 0 Å². The SMILES string of the molecule is CCC(CCO)CNC(=O)COc1ccccc1C. The number of hydrogen-bond donors (Lipinski definition) is 2. The van der Waals surface area contributed by atoms with Crippen molar-refractivity contribution in [2.24, 2.45) is 5.92 Å². The van der Waals surface area contributed by atoms with E-state index in [4.69, 9.17) is 9.84 Å². The summed E-state index contributed by atoms with van der Waals surface area (Å²) >= 11 is 0. The number of aliphatic hydroxyl groups is 1. The number of ether oxygens (including phenoxy) is 1. The predicted molar refractivity (Wildman–Crippen MR) is 75.2 cm³/mol. The summed E-state index contributed by atoms with van der Waals surface area (Å²) in [5.41, 5.74) is 1.02. The summed E-state index contributed by atoms with van der Waals surface area (Å²) in [7, 11) is 0. The number of para-hydroxylation sites is 1. The van der Waals surface area contributed by atoms with Crippen LogP contribution in [-0.4, -0.2) is 30.8 Å². The molecule has 0 fully saturated rings. The van der Waals surface area contributed by atoms with Gasteiger partial charge in [-0.2, -0.15) is 0 Å². The molecule has 1 aromatic rings. The Labute approximate surface area is 114 Å². The molecule has 1 amide bonds. The molecule has 0 aliphatic heterocycles. The van der Waals surface area contributed by atoms with Crippen LogP contribution in [0.4, 0.5) is 0 Å². The first-order chi connectivity index (χ1) is 9.17. The van der Waals surface area contributed by atoms with Gasteiger partial charge in [0.1, 0.15) is 5.75 Å². The van der Waals surface area contributed by atoms with E-state index >= 15 is 0 Å². The topological polar surface area (TPSA) is 58.6 Å². The van der Waals surface area contributed by atoms with Gasteiger partial charge in [-0.05, 0) is 30.9 Å². The first-order valence-electron chi connectivity index (χ1n) is 6.73. The van der Waals surface area contributed by atoms with Crippen molar-refractivity contribution in [2.45, 2.75) is 26.7 Å². The van der Waals surface area contributed by atoms with Gasteiger partial charge in [0.05, 0.1) is 0 Å². The third kappa shape index (κ3) is 5.75. The van der Waals surface area contributed by atoms with Crippen molar-refractivity contribution in [1.82, 2.24) is 5.32 Å². The molecule has 19 heavy (non-hydrogen) atoms. The minimum Gasteiger partial charge on any atom is -0.484 e. The maximum Gasteiger partial charge on any atom is 0.257 e. The Morgan fingerprint density at radius 1 is 1.42 bits per heavy atom. The molecular formula is C15H23NO3. The second-order valence-electron chi connectivity index (χ2n) is 4.64. The summed E-state index contributed by atoms with van der Waals surface area (Å²) in [4.78, 5) is 11.7. The molecule has 1 rings (SSSR count). The molecule has 0 aliphatic rings. The van der Waals surface area contributed by atoms with Crippen LogP contribution in [0.3, 0.4) is 0 Å². The van der Waals surface area contributed by atoms with Gasteiger partial charge < -0.3 is 15.2 Å². The zero-order chi connectivity index (χ0) is 14.1. The van der Waals surface area contributed by atoms with Gasteiger partial charge in [-0.25, -0.2) is 0 Å². The zero-order valence-corrected chi connectivity index (χ0v) is 11.7. The largest absolute Gasteiger partial charge is 0.484 e. The van der Waals surface area contributed by atoms with Crippen LogP contribution in [0.1, 0.15) is 25.3 Å². The highest BCUT2D eigenvalue weighted by atomic mass is 16.5. The molecule has 1 unspecified atom stereocenters. The van der Waals surface area contributed by atoms with E-state index in [1.807, 2.05) is 31.2 Å². The lowest BCUT2D eigenvalue weighted by Gasteiger charge is -2.14. The van der Waals surface area contributed by atoms with Crippen molar-refractivity contribution in [3.8, 4) is 5.75 Å². The number of aliphatic hydroxyl groups excluding tert-OH is 1. The van der Waals surface area contributed by atoms with E-state index in [1.165, 1.54) is 0 Å². The lowest BCUT2D eigenvalue weighted by atomic mass is 10.0. The van der Waals surface area contributed by atoms with Crippen molar-refractivity contribution in [3.05, 3.63) is 29.8 Å². The molecule has 0 radical (unpaired) electrons. The molecule has 4 heteroatoms. The van der Waals surface area contributed by atoms with E-state index in [0.29, 0.717) is 12.5 Å². The van der Waals surface area contributed by atoms with E-state index in [1.54, 1.807) is 0 Å². The lowest BCUT2D eigenvalue weighted by Crippen LogP contribution is -2.33. The van der Waals surface area contributed by atoms with Crippen LogP contribution >= 0.6 is 0 Å². The first kappa shape index (κ1) is 15.5. The summed E-state index contributed by atoms with van der Waals surface area (Å²) in [5.74, 6) is 0.937. The predicted octanol–water partition coefficient (Wildman–Crippen LogP) is 1.90. The Bertz CT molecular complexity index is 393. The van der Waals surface area contributed by atoms with Gasteiger partial charge in [-0.15, -0.1) is 0 Å². The van der Waals surface area contributed by atoms with E-state index < -0.39 is 0 Å². The fraction of sp³-hybridized carbons (Fsp3) is 0.533. The van der Waals surface area contributed by atoms with Gasteiger partial charge in [0.15, 0.2) is 6.61 Å². The van der Waals surface area contributed by atoms with Crippen LogP contribution in [0.2, 0.25) is 0 Å². The molecule has 2 N–H and O–H groups in total. The Balaban J connectivity index is 2.30. The number of amides is 1. The van der Waals surface area contributed by atoms with Crippen LogP contribution in [0.15, 0.2) is 24.3 Å². The van der Waals surface area contributed by atoms with Gasteiger partial charge in [0.2, 0.25) is 0 Å². The zero-order valence-electron chi connectivity index (χ0n) is 11.7. The number of benzene rings is 1. The maximum absolute atomic E-state index is 11.7. The highest BCUT2D eigenvalue weighted by Crippen LogP contribution is 2.15. The Kier molecular flexibility index (Phi) is 6.97. The maximum atomic E-state index is 11.7. The summed E-state index contributed by atoms with van der Waals surface area (Å²) in [6.07, 6.45) is 1.66. The van der Waals surface area contributed by atoms with Gasteiger partial charge in [-0.1, -0.05) is 31.5 Å². The number of carbonyl (C=O) groups excluding carboxylic acids is 1. The summed E-state index contributed by atoms with van der Waals surface area (Å²) in [5, 5.41) is 11.7. The fourth-order valence-electron chi connectivity index (χ4n) is 1.80. The Hall–Kier alpha value is -1.55. The second-order valence-corrected chi connectivity index (χ2v) is 4.64. The van der Waals surface area contributed by atoms with E-state index in [0.717, 1.165) is 24.2 Å². The minimum absolute atomic E-state index is 0.0282. The smallest absolute Gasteiger partial charge is 0.257 e. The molecule has 106 valence electrons. The van der Waals surface area contributed by atoms with Crippen LogP contribution in [0, 0.1) is 12.8 Å². The molecule has 0 aromatic heterocycles. The third-order valence-electron chi connectivity index (χ3n) is 3.15. The van der Waals surface area contributed by atoms with Crippen molar-refractivity contribution in [1.29, 1.82) is 0 Å². The van der Waals surface area contributed by atoms with Gasteiger partial charge in [0, 0.05) is 13.2 Å². The lowest BCUT2D eigenvalue weighted by molar-refractivity contribution is -0.123. The Morgan fingerprint density at radius 3 is 2.79 bits per heavy atom. The van der Waals surface area contributed by atoms with Gasteiger partial charge in [0.25, 0.3) is 5.91 Å². The fourth-order valence-corrected chi connectivity index (χ4v) is 1.80. The Morgan fingerprint density at radius 2 is 2.16 bits per heavy atom. The van der Waals surface area contributed by atoms with Crippen molar-refractivity contribution in [3.63, 3.8) is 0 Å². The van der Waals surface area contributed by atoms with Crippen molar-refractivity contribution >= 4 is 5.91 Å². The molecule has 0 aliphatic carbocycles. The number of carbonyl (C=O) groups is 1. The van der Waals surface area contributed by atoms with Crippen molar-refractivity contribution in [2.75, 3.05) is 19.8 Å². The van der Waals surface area contributed by atoms with Crippen LogP contribution in [0.5, 0.6) is 5.75 Å². The quantitative estimate of drug-likeness (QED) is 0.754. The number of hydrogen-bond acceptors (Lipinski definition) is 3. The van der Waals surface area contributed by atoms with Crippen LogP contribution in [0.25, 0.3) is 0 Å². The highest BCUT2D eigenvalue weighted by molar-refractivity contribution is 5.77. The number of nitrogens with one attached hydrogen (secondary N) is 1. The highest BCUT2D eigenvalue weighted by Gasteiger charge is 2.09. The van der Waals surface area contributed by atoms with Crippen LogP contribution in [-0.2, 0) is 4.79 Å². The van der Waals surface area contributed by atoms with Crippen LogP contribution < -0.4 is 10.1 Å². The van der Waals surface area contributed by atoms with E-state index in [-0.39, 0.29) is 19.1 Å². The normalized spacial score (nSPS) is 11.9. The molecule has 0 saturated heterocycles. The molecule has 0 bridgehead atoms. The van der Waals surface area contributed by atoms with Gasteiger partial charge in [-0.3, -0.25) is 4.79 Å². The molecule has 0 heterocycles. The molecule has 1 aromatic carbocycles. The number of rotatable bonds is 8. The number of aryl methyl sites for hydroxylation is 1. The van der Waals surface area contributed by atoms with E-state index in [2.05, 4.69) is 12.2 Å². The summed E-state index contributed by atoms with van der Waals surface area (Å²) in [6, 6.07) is 7.61. The van der Waals surface area contributed by atoms with E-state index in [9.17, 15) is 4.79 Å². The summed E-state index contributed by atoms with van der Waals surface area (Å²) in [6.45, 7) is 4.78. The first-order valence-corrected chi connectivity index (χ1v) is 6.73. The average molecular weight is 265 g/mol. The molecule has 1 atom stereocenters. The summed E-state index contributed by atoms with van der Waals surface area (Å²) < 4.78 is 5.46. The molecule has 0 spiro atoms. The molecule has 0 saturated carbocycles.